The number of benzene rings is 1. The van der Waals surface area contributed by atoms with Crippen LogP contribution in [0.5, 0.6) is 0 Å². The standard InChI is InChI=1S/C19H23N3O4S2/c1-19(2,24)17-20-10-15(27-17)28(25,26)22-18(23)21-16-13-7-3-5-11(13)9-12-6-4-8-14(12)16/h9-10,24H,3-8H2,1-2H3,(H2,21,22,23). The predicted molar refractivity (Wildman–Crippen MR) is 107 cm³/mol. The molecular weight excluding hydrogens is 398 g/mol. The summed E-state index contributed by atoms with van der Waals surface area (Å²) in [6, 6.07) is 1.48. The summed E-state index contributed by atoms with van der Waals surface area (Å²) in [5, 5.41) is 13.1. The van der Waals surface area contributed by atoms with Crippen molar-refractivity contribution in [2.75, 3.05) is 5.32 Å². The lowest BCUT2D eigenvalue weighted by atomic mass is 9.99. The van der Waals surface area contributed by atoms with E-state index in [0.717, 1.165) is 72.9 Å². The first-order chi connectivity index (χ1) is 13.1. The van der Waals surface area contributed by atoms with Crippen LogP contribution in [-0.4, -0.2) is 24.5 Å². The molecule has 1 heterocycles. The van der Waals surface area contributed by atoms with Crippen molar-refractivity contribution in [2.24, 2.45) is 0 Å². The van der Waals surface area contributed by atoms with E-state index in [1.54, 1.807) is 0 Å². The highest BCUT2D eigenvalue weighted by Gasteiger charge is 2.28. The summed E-state index contributed by atoms with van der Waals surface area (Å²) >= 11 is 0.844. The van der Waals surface area contributed by atoms with Gasteiger partial charge >= 0.3 is 6.03 Å². The van der Waals surface area contributed by atoms with E-state index in [1.807, 2.05) is 0 Å². The van der Waals surface area contributed by atoms with Gasteiger partial charge in [0, 0.05) is 5.69 Å². The number of nitrogens with zero attached hydrogens (tertiary/aromatic N) is 1. The van der Waals surface area contributed by atoms with Crippen molar-refractivity contribution in [3.8, 4) is 0 Å². The van der Waals surface area contributed by atoms with Gasteiger partial charge in [-0.05, 0) is 74.6 Å². The maximum absolute atomic E-state index is 12.6. The monoisotopic (exact) mass is 421 g/mol. The number of thiazole rings is 1. The van der Waals surface area contributed by atoms with Crippen LogP contribution in [0.4, 0.5) is 10.5 Å². The SMILES string of the molecule is CC(C)(O)c1ncc(S(=O)(=O)NC(=O)Nc2c3c(cc4c2CCC4)CCC3)s1. The topological polar surface area (TPSA) is 108 Å². The van der Waals surface area contributed by atoms with Crippen molar-refractivity contribution in [3.63, 3.8) is 0 Å². The number of fused-ring (bicyclic) bond motifs is 2. The zero-order valence-corrected chi connectivity index (χ0v) is 17.5. The van der Waals surface area contributed by atoms with Crippen LogP contribution in [0.2, 0.25) is 0 Å². The van der Waals surface area contributed by atoms with Crippen LogP contribution in [0, 0.1) is 0 Å². The van der Waals surface area contributed by atoms with Gasteiger partial charge in [-0.3, -0.25) is 0 Å². The van der Waals surface area contributed by atoms with Crippen LogP contribution in [0.25, 0.3) is 0 Å². The van der Waals surface area contributed by atoms with Gasteiger partial charge in [0.1, 0.15) is 10.6 Å². The largest absolute Gasteiger partial charge is 0.383 e. The first-order valence-corrected chi connectivity index (χ1v) is 11.6. The van der Waals surface area contributed by atoms with Crippen LogP contribution in [0.15, 0.2) is 16.5 Å². The summed E-state index contributed by atoms with van der Waals surface area (Å²) in [4.78, 5) is 16.5. The second kappa shape index (κ2) is 6.82. The molecule has 0 bridgehead atoms. The summed E-state index contributed by atoms with van der Waals surface area (Å²) < 4.78 is 27.1. The van der Waals surface area contributed by atoms with Gasteiger partial charge in [-0.15, -0.1) is 11.3 Å². The molecule has 2 aliphatic rings. The Morgan fingerprint density at radius 2 is 1.75 bits per heavy atom. The minimum Gasteiger partial charge on any atom is -0.383 e. The lowest BCUT2D eigenvalue weighted by Crippen LogP contribution is -2.34. The summed E-state index contributed by atoms with van der Waals surface area (Å²) in [7, 11) is -4.06. The number of anilines is 1. The van der Waals surface area contributed by atoms with Crippen molar-refractivity contribution < 1.29 is 18.3 Å². The normalized spacial score (nSPS) is 16.0. The molecule has 3 N–H and O–H groups in total. The number of nitrogens with one attached hydrogen (secondary N) is 2. The molecule has 0 saturated carbocycles. The molecule has 150 valence electrons. The number of rotatable bonds is 4. The number of sulfonamides is 1. The smallest absolute Gasteiger partial charge is 0.333 e. The molecule has 2 amide bonds. The Morgan fingerprint density at radius 1 is 1.14 bits per heavy atom. The number of hydrogen-bond donors (Lipinski definition) is 3. The highest BCUT2D eigenvalue weighted by atomic mass is 32.2. The number of aryl methyl sites for hydroxylation is 2. The Balaban J connectivity index is 1.56. The number of hydrogen-bond acceptors (Lipinski definition) is 6. The molecule has 0 aliphatic heterocycles. The van der Waals surface area contributed by atoms with Gasteiger partial charge in [-0.2, -0.15) is 0 Å². The molecule has 1 aromatic heterocycles. The minimum atomic E-state index is -4.06. The quantitative estimate of drug-likeness (QED) is 0.703. The second-order valence-electron chi connectivity index (χ2n) is 7.84. The average molecular weight is 422 g/mol. The second-order valence-corrected chi connectivity index (χ2v) is 10.8. The molecule has 0 radical (unpaired) electrons. The molecule has 1 aromatic carbocycles. The third kappa shape index (κ3) is 3.54. The Hall–Kier alpha value is -1.97. The van der Waals surface area contributed by atoms with Crippen LogP contribution in [0.1, 0.15) is 54.0 Å². The van der Waals surface area contributed by atoms with Gasteiger partial charge in [0.15, 0.2) is 4.21 Å². The van der Waals surface area contributed by atoms with Crippen LogP contribution < -0.4 is 10.0 Å². The van der Waals surface area contributed by atoms with Gasteiger partial charge in [0.25, 0.3) is 10.0 Å². The molecular formula is C19H23N3O4S2. The summed E-state index contributed by atoms with van der Waals surface area (Å²) in [6.45, 7) is 3.05. The van der Waals surface area contributed by atoms with Crippen molar-refractivity contribution in [2.45, 2.75) is 62.2 Å². The predicted octanol–water partition coefficient (Wildman–Crippen LogP) is 2.86. The van der Waals surface area contributed by atoms with E-state index < -0.39 is 21.7 Å². The number of carbonyl (C=O) groups excluding carboxylic acids is 1. The molecule has 0 unspecified atom stereocenters. The van der Waals surface area contributed by atoms with Crippen LogP contribution >= 0.6 is 11.3 Å². The summed E-state index contributed by atoms with van der Waals surface area (Å²) in [5.41, 5.74) is 4.33. The fraction of sp³-hybridized carbons (Fsp3) is 0.474. The third-order valence-electron chi connectivity index (χ3n) is 5.21. The Kier molecular flexibility index (Phi) is 4.71. The van der Waals surface area contributed by atoms with E-state index in [-0.39, 0.29) is 9.22 Å². The van der Waals surface area contributed by atoms with E-state index >= 15 is 0 Å². The highest BCUT2D eigenvalue weighted by Crippen LogP contribution is 2.38. The maximum Gasteiger partial charge on any atom is 0.333 e. The minimum absolute atomic E-state index is 0.108. The number of urea groups is 1. The fourth-order valence-corrected chi connectivity index (χ4v) is 5.98. The average Bonchev–Trinajstić information content (AvgIpc) is 3.33. The van der Waals surface area contributed by atoms with Gasteiger partial charge < -0.3 is 10.4 Å². The molecule has 0 fully saturated rings. The first kappa shape index (κ1) is 19.4. The number of aliphatic hydroxyl groups is 1. The molecule has 2 aliphatic carbocycles. The Bertz CT molecular complexity index is 1020. The van der Waals surface area contributed by atoms with Crippen molar-refractivity contribution >= 4 is 33.1 Å². The van der Waals surface area contributed by atoms with E-state index in [1.165, 1.54) is 25.0 Å². The van der Waals surface area contributed by atoms with Crippen molar-refractivity contribution in [3.05, 3.63) is 39.5 Å². The summed E-state index contributed by atoms with van der Waals surface area (Å²) in [5.74, 6) is 0. The van der Waals surface area contributed by atoms with Gasteiger partial charge in [-0.25, -0.2) is 22.9 Å². The molecule has 7 nitrogen and oxygen atoms in total. The molecule has 0 atom stereocenters. The molecule has 2 aromatic rings. The third-order valence-corrected chi connectivity index (χ3v) is 8.31. The first-order valence-electron chi connectivity index (χ1n) is 9.34. The molecule has 0 saturated heterocycles. The molecule has 0 spiro atoms. The van der Waals surface area contributed by atoms with Gasteiger partial charge in [-0.1, -0.05) is 6.07 Å². The molecule has 9 heteroatoms. The zero-order chi connectivity index (χ0) is 20.1. The molecule has 4 rings (SSSR count). The summed E-state index contributed by atoms with van der Waals surface area (Å²) in [6.07, 6.45) is 7.05. The van der Waals surface area contributed by atoms with Crippen molar-refractivity contribution in [1.82, 2.24) is 9.71 Å². The fourth-order valence-electron chi connectivity index (χ4n) is 3.94. The van der Waals surface area contributed by atoms with E-state index in [0.29, 0.717) is 0 Å². The van der Waals surface area contributed by atoms with Gasteiger partial charge in [0.05, 0.1) is 6.20 Å². The van der Waals surface area contributed by atoms with E-state index in [4.69, 9.17) is 0 Å². The van der Waals surface area contributed by atoms with Gasteiger partial charge in [0.2, 0.25) is 0 Å². The van der Waals surface area contributed by atoms with Crippen molar-refractivity contribution in [1.29, 1.82) is 0 Å². The number of aromatic nitrogens is 1. The van der Waals surface area contributed by atoms with Crippen LogP contribution in [0.3, 0.4) is 0 Å². The van der Waals surface area contributed by atoms with E-state index in [9.17, 15) is 18.3 Å². The number of carbonyl (C=O) groups is 1. The zero-order valence-electron chi connectivity index (χ0n) is 15.8. The lowest BCUT2D eigenvalue weighted by molar-refractivity contribution is 0.0783. The van der Waals surface area contributed by atoms with Crippen LogP contribution in [-0.2, 0) is 41.3 Å². The maximum atomic E-state index is 12.6. The Labute approximate surface area is 168 Å². The van der Waals surface area contributed by atoms with E-state index in [2.05, 4.69) is 21.1 Å². The number of amides is 2. The Morgan fingerprint density at radius 3 is 2.29 bits per heavy atom. The highest BCUT2D eigenvalue weighted by molar-refractivity contribution is 7.92. The molecule has 28 heavy (non-hydrogen) atoms. The lowest BCUT2D eigenvalue weighted by Gasteiger charge is -2.16.